The molecular formula is C14H19N5O. The number of para-hydroxylation sites is 1. The molecule has 3 N–H and O–H groups in total. The molecule has 0 aliphatic rings. The van der Waals surface area contributed by atoms with Gasteiger partial charge in [-0.2, -0.15) is 0 Å². The Morgan fingerprint density at radius 3 is 2.65 bits per heavy atom. The minimum absolute atomic E-state index is 0.363. The average molecular weight is 273 g/mol. The second kappa shape index (κ2) is 6.83. The molecule has 0 unspecified atom stereocenters. The number of rotatable bonds is 6. The molecule has 0 saturated carbocycles. The van der Waals surface area contributed by atoms with Crippen LogP contribution in [0.5, 0.6) is 0 Å². The van der Waals surface area contributed by atoms with Crippen molar-refractivity contribution in [3.05, 3.63) is 42.2 Å². The average Bonchev–Trinajstić information content (AvgIpc) is 2.52. The Morgan fingerprint density at radius 1 is 1.25 bits per heavy atom. The summed E-state index contributed by atoms with van der Waals surface area (Å²) < 4.78 is 5.35. The molecule has 6 heteroatoms. The lowest BCUT2D eigenvalue weighted by Crippen LogP contribution is -2.16. The van der Waals surface area contributed by atoms with Crippen LogP contribution in [0.1, 0.15) is 12.7 Å². The predicted molar refractivity (Wildman–Crippen MR) is 79.7 cm³/mol. The van der Waals surface area contributed by atoms with Gasteiger partial charge in [-0.25, -0.2) is 15.8 Å². The smallest absolute Gasteiger partial charge is 0.158 e. The van der Waals surface area contributed by atoms with Crippen molar-refractivity contribution in [1.29, 1.82) is 0 Å². The summed E-state index contributed by atoms with van der Waals surface area (Å²) >= 11 is 0. The first-order valence-electron chi connectivity index (χ1n) is 6.45. The molecule has 0 spiro atoms. The van der Waals surface area contributed by atoms with Crippen LogP contribution in [0.4, 0.5) is 17.3 Å². The Morgan fingerprint density at radius 2 is 2.00 bits per heavy atom. The molecule has 1 aromatic heterocycles. The highest BCUT2D eigenvalue weighted by atomic mass is 16.5. The van der Waals surface area contributed by atoms with Crippen molar-refractivity contribution in [3.63, 3.8) is 0 Å². The minimum Gasteiger partial charge on any atom is -0.374 e. The Bertz CT molecular complexity index is 547. The van der Waals surface area contributed by atoms with Crippen LogP contribution >= 0.6 is 0 Å². The first kappa shape index (κ1) is 14.2. The van der Waals surface area contributed by atoms with Crippen molar-refractivity contribution < 1.29 is 4.74 Å². The molecule has 0 aliphatic carbocycles. The number of aromatic nitrogens is 2. The van der Waals surface area contributed by atoms with E-state index in [-0.39, 0.29) is 0 Å². The number of hydrogen-bond acceptors (Lipinski definition) is 6. The lowest BCUT2D eigenvalue weighted by molar-refractivity contribution is 0.128. The lowest BCUT2D eigenvalue weighted by atomic mass is 10.3. The van der Waals surface area contributed by atoms with E-state index in [1.165, 1.54) is 0 Å². The second-order valence-corrected chi connectivity index (χ2v) is 4.20. The fourth-order valence-electron chi connectivity index (χ4n) is 1.77. The summed E-state index contributed by atoms with van der Waals surface area (Å²) in [6.45, 7) is 2.91. The van der Waals surface area contributed by atoms with E-state index in [1.807, 2.05) is 49.2 Å². The number of nitrogen functional groups attached to an aromatic ring is 1. The van der Waals surface area contributed by atoms with Gasteiger partial charge in [0.2, 0.25) is 0 Å². The number of nitrogens with zero attached hydrogens (tertiary/aromatic N) is 3. The molecule has 2 rings (SSSR count). The first-order valence-corrected chi connectivity index (χ1v) is 6.45. The van der Waals surface area contributed by atoms with Gasteiger partial charge < -0.3 is 15.1 Å². The van der Waals surface area contributed by atoms with E-state index in [9.17, 15) is 0 Å². The standard InChI is InChI=1S/C14H19N5O/c1-3-20-10-13-16-12(18-15)9-14(17-13)19(2)11-7-5-4-6-8-11/h4-9H,3,10,15H2,1-2H3,(H,16,17,18). The Hall–Kier alpha value is -2.18. The lowest BCUT2D eigenvalue weighted by Gasteiger charge is -2.19. The van der Waals surface area contributed by atoms with Crippen LogP contribution in [-0.4, -0.2) is 23.6 Å². The van der Waals surface area contributed by atoms with Gasteiger partial charge in [0.05, 0.1) is 0 Å². The number of nitrogens with one attached hydrogen (secondary N) is 1. The van der Waals surface area contributed by atoms with E-state index in [4.69, 9.17) is 10.6 Å². The molecule has 0 saturated heterocycles. The molecule has 1 heterocycles. The summed E-state index contributed by atoms with van der Waals surface area (Å²) in [5.41, 5.74) is 3.60. The van der Waals surface area contributed by atoms with Crippen LogP contribution in [-0.2, 0) is 11.3 Å². The summed E-state index contributed by atoms with van der Waals surface area (Å²) in [6, 6.07) is 11.8. The first-order chi connectivity index (χ1) is 9.74. The van der Waals surface area contributed by atoms with Crippen molar-refractivity contribution in [1.82, 2.24) is 9.97 Å². The summed E-state index contributed by atoms with van der Waals surface area (Å²) in [5, 5.41) is 0. The fourth-order valence-corrected chi connectivity index (χ4v) is 1.77. The second-order valence-electron chi connectivity index (χ2n) is 4.20. The van der Waals surface area contributed by atoms with Gasteiger partial charge in [-0.3, -0.25) is 0 Å². The van der Waals surface area contributed by atoms with Gasteiger partial charge in [-0.1, -0.05) is 18.2 Å². The van der Waals surface area contributed by atoms with Crippen molar-refractivity contribution in [2.24, 2.45) is 5.84 Å². The van der Waals surface area contributed by atoms with Crippen LogP contribution in [0, 0.1) is 0 Å². The minimum atomic E-state index is 0.363. The number of nitrogens with two attached hydrogens (primary N) is 1. The van der Waals surface area contributed by atoms with E-state index < -0.39 is 0 Å². The molecule has 0 aliphatic heterocycles. The van der Waals surface area contributed by atoms with E-state index in [0.717, 1.165) is 11.5 Å². The summed E-state index contributed by atoms with van der Waals surface area (Å²) in [4.78, 5) is 10.7. The van der Waals surface area contributed by atoms with Gasteiger partial charge in [0.15, 0.2) is 5.82 Å². The highest BCUT2D eigenvalue weighted by Crippen LogP contribution is 2.23. The van der Waals surface area contributed by atoms with Gasteiger partial charge in [0.25, 0.3) is 0 Å². The Labute approximate surface area is 118 Å². The molecule has 0 amide bonds. The number of benzene rings is 1. The third-order valence-corrected chi connectivity index (χ3v) is 2.83. The number of hydrazine groups is 1. The predicted octanol–water partition coefficient (Wildman–Crippen LogP) is 2.07. The van der Waals surface area contributed by atoms with E-state index in [2.05, 4.69) is 15.4 Å². The van der Waals surface area contributed by atoms with Crippen LogP contribution in [0.2, 0.25) is 0 Å². The van der Waals surface area contributed by atoms with Crippen molar-refractivity contribution >= 4 is 17.3 Å². The highest BCUT2D eigenvalue weighted by molar-refractivity contribution is 5.61. The molecule has 20 heavy (non-hydrogen) atoms. The van der Waals surface area contributed by atoms with Gasteiger partial charge in [0, 0.05) is 25.4 Å². The zero-order valence-corrected chi connectivity index (χ0v) is 11.7. The summed E-state index contributed by atoms with van der Waals surface area (Å²) in [5.74, 6) is 7.37. The van der Waals surface area contributed by atoms with Gasteiger partial charge >= 0.3 is 0 Å². The SMILES string of the molecule is CCOCc1nc(NN)cc(N(C)c2ccccc2)n1. The van der Waals surface area contributed by atoms with Crippen molar-refractivity contribution in [2.45, 2.75) is 13.5 Å². The topological polar surface area (TPSA) is 76.3 Å². The molecule has 0 fully saturated rings. The molecule has 0 atom stereocenters. The van der Waals surface area contributed by atoms with Crippen molar-refractivity contribution in [2.75, 3.05) is 24.0 Å². The monoisotopic (exact) mass is 273 g/mol. The van der Waals surface area contributed by atoms with Gasteiger partial charge in [-0.15, -0.1) is 0 Å². The van der Waals surface area contributed by atoms with Crippen LogP contribution in [0.15, 0.2) is 36.4 Å². The van der Waals surface area contributed by atoms with Crippen molar-refractivity contribution in [3.8, 4) is 0 Å². The molecule has 106 valence electrons. The normalized spacial score (nSPS) is 10.3. The van der Waals surface area contributed by atoms with Crippen LogP contribution in [0.25, 0.3) is 0 Å². The number of hydrogen-bond donors (Lipinski definition) is 2. The van der Waals surface area contributed by atoms with Gasteiger partial charge in [0.1, 0.15) is 18.2 Å². The van der Waals surface area contributed by atoms with Crippen LogP contribution in [0.3, 0.4) is 0 Å². The number of anilines is 3. The fraction of sp³-hybridized carbons (Fsp3) is 0.286. The maximum Gasteiger partial charge on any atom is 0.158 e. The Balaban J connectivity index is 2.30. The molecule has 0 bridgehead atoms. The molecule has 2 aromatic rings. The number of ether oxygens (including phenoxy) is 1. The molecule has 1 aromatic carbocycles. The maximum absolute atomic E-state index is 5.46. The molecule has 0 radical (unpaired) electrons. The molecule has 6 nitrogen and oxygen atoms in total. The quantitative estimate of drug-likeness (QED) is 0.620. The third kappa shape index (κ3) is 3.43. The van der Waals surface area contributed by atoms with E-state index in [0.29, 0.717) is 24.9 Å². The Kier molecular flexibility index (Phi) is 4.86. The summed E-state index contributed by atoms with van der Waals surface area (Å²) in [7, 11) is 1.95. The zero-order valence-electron chi connectivity index (χ0n) is 11.7. The highest BCUT2D eigenvalue weighted by Gasteiger charge is 2.09. The summed E-state index contributed by atoms with van der Waals surface area (Å²) in [6.07, 6.45) is 0. The van der Waals surface area contributed by atoms with Gasteiger partial charge in [-0.05, 0) is 19.1 Å². The van der Waals surface area contributed by atoms with E-state index >= 15 is 0 Å². The third-order valence-electron chi connectivity index (χ3n) is 2.83. The zero-order chi connectivity index (χ0) is 14.4. The van der Waals surface area contributed by atoms with E-state index in [1.54, 1.807) is 6.07 Å². The molecular weight excluding hydrogens is 254 g/mol. The largest absolute Gasteiger partial charge is 0.374 e. The van der Waals surface area contributed by atoms with Crippen LogP contribution < -0.4 is 16.2 Å². The maximum atomic E-state index is 5.46.